The molecule has 0 spiro atoms. The van der Waals surface area contributed by atoms with E-state index in [1.807, 2.05) is 0 Å². The third-order valence-electron chi connectivity index (χ3n) is 1.26. The van der Waals surface area contributed by atoms with Crippen molar-refractivity contribution < 1.29 is 23.1 Å². The number of methoxy groups -OCH3 is 1. The third kappa shape index (κ3) is 3.51. The van der Waals surface area contributed by atoms with E-state index in [1.165, 1.54) is 19.0 Å². The zero-order valence-electron chi connectivity index (χ0n) is 8.08. The van der Waals surface area contributed by atoms with Crippen LogP contribution in [0.25, 0.3) is 0 Å². The van der Waals surface area contributed by atoms with Crippen LogP contribution < -0.4 is 0 Å². The lowest BCUT2D eigenvalue weighted by Crippen LogP contribution is -2.23. The zero-order valence-corrected chi connectivity index (χ0v) is 8.08. The Labute approximate surface area is 80.1 Å². The molecule has 0 aromatic carbocycles. The fourth-order valence-electron chi connectivity index (χ4n) is 0.703. The Balaban J connectivity index is 4.92. The molecule has 0 saturated heterocycles. The van der Waals surface area contributed by atoms with Crippen LogP contribution in [0.4, 0.5) is 8.78 Å². The molecule has 0 aromatic heterocycles. The van der Waals surface area contributed by atoms with Gasteiger partial charge >= 0.3 is 12.4 Å². The summed E-state index contributed by atoms with van der Waals surface area (Å²) in [5, 5.41) is 0. The first-order chi connectivity index (χ1) is 6.40. The molecule has 6 heteroatoms. The van der Waals surface area contributed by atoms with Gasteiger partial charge in [0.1, 0.15) is 5.57 Å². The molecule has 0 bridgehead atoms. The van der Waals surface area contributed by atoms with Crippen molar-refractivity contribution in [2.45, 2.75) is 6.43 Å². The quantitative estimate of drug-likeness (QED) is 0.290. The van der Waals surface area contributed by atoms with Crippen molar-refractivity contribution in [2.75, 3.05) is 21.2 Å². The van der Waals surface area contributed by atoms with Gasteiger partial charge in [-0.2, -0.15) is 0 Å². The first-order valence-corrected chi connectivity index (χ1v) is 3.69. The zero-order chi connectivity index (χ0) is 11.3. The lowest BCUT2D eigenvalue weighted by atomic mass is 10.2. The molecule has 4 nitrogen and oxygen atoms in total. The van der Waals surface area contributed by atoms with Crippen LogP contribution in [0.5, 0.6) is 0 Å². The number of nitrogens with zero attached hydrogens (tertiary/aromatic N) is 1. The second-order valence-electron chi connectivity index (χ2n) is 2.66. The molecule has 0 rings (SSSR count). The maximum Gasteiger partial charge on any atom is 0.343 e. The minimum Gasteiger partial charge on any atom is -0.465 e. The fraction of sp³-hybridized carbons (Fsp3) is 0.500. The molecule has 0 amide bonds. The molecule has 14 heavy (non-hydrogen) atoms. The topological polar surface area (TPSA) is 46.6 Å². The first-order valence-electron chi connectivity index (χ1n) is 3.69. The van der Waals surface area contributed by atoms with Crippen LogP contribution in [0.1, 0.15) is 0 Å². The number of halogens is 2. The summed E-state index contributed by atoms with van der Waals surface area (Å²) in [4.78, 5) is 23.1. The largest absolute Gasteiger partial charge is 0.465 e. The average Bonchev–Trinajstić information content (AvgIpc) is 2.11. The summed E-state index contributed by atoms with van der Waals surface area (Å²) in [7, 11) is 4.02. The van der Waals surface area contributed by atoms with E-state index in [4.69, 9.17) is 0 Å². The number of Topliss-reactive ketones (excluding diaryl/α,β-unsaturated/α-hetero) is 1. The second kappa shape index (κ2) is 5.31. The third-order valence-corrected chi connectivity index (χ3v) is 1.26. The number of hydrogen-bond donors (Lipinski definition) is 0. The summed E-state index contributed by atoms with van der Waals surface area (Å²) in [5.41, 5.74) is -0.660. The van der Waals surface area contributed by atoms with Crippen molar-refractivity contribution >= 4 is 11.8 Å². The molecule has 0 aliphatic heterocycles. The van der Waals surface area contributed by atoms with Crippen molar-refractivity contribution in [3.63, 3.8) is 0 Å². The van der Waals surface area contributed by atoms with Gasteiger partial charge in [0.2, 0.25) is 5.78 Å². The minimum absolute atomic E-state index is 0.660. The Morgan fingerprint density at radius 2 is 1.86 bits per heavy atom. The van der Waals surface area contributed by atoms with Crippen molar-refractivity contribution in [2.24, 2.45) is 0 Å². The number of ether oxygens (including phenoxy) is 1. The summed E-state index contributed by atoms with van der Waals surface area (Å²) >= 11 is 0. The lowest BCUT2D eigenvalue weighted by Gasteiger charge is -2.08. The van der Waals surface area contributed by atoms with E-state index in [9.17, 15) is 18.4 Å². The standard InChI is InChI=1S/C8H11F2NO3/c1-11(2)4-5(8(13)14-3)6(12)7(9)10/h4,7H,1-3H3. The molecule has 0 atom stereocenters. The van der Waals surface area contributed by atoms with Gasteiger partial charge in [0.05, 0.1) is 7.11 Å². The summed E-state index contributed by atoms with van der Waals surface area (Å²) in [6, 6.07) is 0. The Kier molecular flexibility index (Phi) is 4.76. The van der Waals surface area contributed by atoms with Crippen LogP contribution in [-0.4, -0.2) is 44.3 Å². The van der Waals surface area contributed by atoms with E-state index in [-0.39, 0.29) is 0 Å². The van der Waals surface area contributed by atoms with Gasteiger partial charge in [-0.25, -0.2) is 13.6 Å². The van der Waals surface area contributed by atoms with E-state index >= 15 is 0 Å². The predicted molar refractivity (Wildman–Crippen MR) is 44.8 cm³/mol. The number of esters is 1. The van der Waals surface area contributed by atoms with Gasteiger partial charge in [-0.3, -0.25) is 4.79 Å². The molecule has 0 heterocycles. The van der Waals surface area contributed by atoms with E-state index in [2.05, 4.69) is 4.74 Å². The Morgan fingerprint density at radius 3 is 2.14 bits per heavy atom. The summed E-state index contributed by atoms with van der Waals surface area (Å²) in [6.45, 7) is 0. The van der Waals surface area contributed by atoms with E-state index < -0.39 is 23.8 Å². The fourth-order valence-corrected chi connectivity index (χ4v) is 0.703. The SMILES string of the molecule is COC(=O)C(=CN(C)C)C(=O)C(F)F. The predicted octanol–water partition coefficient (Wildman–Crippen LogP) is 0.439. The molecule has 0 N–H and O–H groups in total. The van der Waals surface area contributed by atoms with Crippen LogP contribution >= 0.6 is 0 Å². The Bertz CT molecular complexity index is 261. The first kappa shape index (κ1) is 12.5. The second-order valence-corrected chi connectivity index (χ2v) is 2.66. The molecule has 0 radical (unpaired) electrons. The molecule has 0 aliphatic rings. The molecule has 0 fully saturated rings. The number of ketones is 1. The van der Waals surface area contributed by atoms with Gasteiger partial charge in [0.25, 0.3) is 0 Å². The van der Waals surface area contributed by atoms with Crippen LogP contribution in [0.15, 0.2) is 11.8 Å². The van der Waals surface area contributed by atoms with Crippen molar-refractivity contribution in [1.29, 1.82) is 0 Å². The highest BCUT2D eigenvalue weighted by atomic mass is 19.3. The minimum atomic E-state index is -3.21. The van der Waals surface area contributed by atoms with E-state index in [1.54, 1.807) is 0 Å². The number of carbonyl (C=O) groups excluding carboxylic acids is 2. The van der Waals surface area contributed by atoms with Gasteiger partial charge in [-0.05, 0) is 0 Å². The van der Waals surface area contributed by atoms with Gasteiger partial charge in [0, 0.05) is 20.3 Å². The number of carbonyl (C=O) groups is 2. The van der Waals surface area contributed by atoms with Crippen LogP contribution in [0, 0.1) is 0 Å². The lowest BCUT2D eigenvalue weighted by molar-refractivity contribution is -0.139. The van der Waals surface area contributed by atoms with Crippen LogP contribution in [0.3, 0.4) is 0 Å². The van der Waals surface area contributed by atoms with Gasteiger partial charge in [-0.15, -0.1) is 0 Å². The average molecular weight is 207 g/mol. The van der Waals surface area contributed by atoms with Crippen molar-refractivity contribution in [3.8, 4) is 0 Å². The summed E-state index contributed by atoms with van der Waals surface area (Å²) < 4.78 is 28.2. The normalized spacial score (nSPS) is 11.4. The maximum absolute atomic E-state index is 12.0. The summed E-state index contributed by atoms with van der Waals surface area (Å²) in [6.07, 6.45) is -2.21. The maximum atomic E-state index is 12.0. The monoisotopic (exact) mass is 207 g/mol. The number of hydrogen-bond acceptors (Lipinski definition) is 4. The summed E-state index contributed by atoms with van der Waals surface area (Å²) in [5.74, 6) is -2.60. The molecule has 0 saturated carbocycles. The van der Waals surface area contributed by atoms with Gasteiger partial charge < -0.3 is 9.64 Å². The molecule has 0 unspecified atom stereocenters. The number of rotatable bonds is 4. The highest BCUT2D eigenvalue weighted by molar-refractivity contribution is 6.18. The van der Waals surface area contributed by atoms with Crippen LogP contribution in [0.2, 0.25) is 0 Å². The molecular weight excluding hydrogens is 196 g/mol. The Hall–Kier alpha value is -1.46. The molecule has 80 valence electrons. The van der Waals surface area contributed by atoms with Crippen LogP contribution in [-0.2, 0) is 14.3 Å². The van der Waals surface area contributed by atoms with Gasteiger partial charge in [-0.1, -0.05) is 0 Å². The molecular formula is C8H11F2NO3. The Morgan fingerprint density at radius 1 is 1.36 bits per heavy atom. The molecule has 0 aliphatic carbocycles. The van der Waals surface area contributed by atoms with E-state index in [0.717, 1.165) is 13.3 Å². The number of alkyl halides is 2. The van der Waals surface area contributed by atoms with E-state index in [0.29, 0.717) is 0 Å². The molecule has 0 aromatic rings. The highest BCUT2D eigenvalue weighted by Gasteiger charge is 2.26. The van der Waals surface area contributed by atoms with Gasteiger partial charge in [0.15, 0.2) is 0 Å². The van der Waals surface area contributed by atoms with Crippen molar-refractivity contribution in [1.82, 2.24) is 4.90 Å². The van der Waals surface area contributed by atoms with Crippen molar-refractivity contribution in [3.05, 3.63) is 11.8 Å². The highest BCUT2D eigenvalue weighted by Crippen LogP contribution is 2.07. The smallest absolute Gasteiger partial charge is 0.343 e.